The maximum atomic E-state index is 12.3. The van der Waals surface area contributed by atoms with Gasteiger partial charge in [-0.3, -0.25) is 4.79 Å². The van der Waals surface area contributed by atoms with Crippen molar-refractivity contribution in [3.63, 3.8) is 0 Å². The molecule has 0 spiro atoms. The van der Waals surface area contributed by atoms with Crippen molar-refractivity contribution in [3.8, 4) is 11.5 Å². The second-order valence-corrected chi connectivity index (χ2v) is 6.03. The Morgan fingerprint density at radius 3 is 2.76 bits per heavy atom. The molecule has 0 atom stereocenters. The molecule has 2 aromatic rings. The van der Waals surface area contributed by atoms with Gasteiger partial charge >= 0.3 is 0 Å². The Labute approximate surface area is 147 Å². The first-order valence-corrected chi connectivity index (χ1v) is 8.46. The van der Waals surface area contributed by atoms with Crippen LogP contribution in [0.1, 0.15) is 37.3 Å². The molecule has 0 unspecified atom stereocenters. The lowest BCUT2D eigenvalue weighted by Gasteiger charge is -2.14. The molecular formula is C19H23N3O3. The van der Waals surface area contributed by atoms with Gasteiger partial charge in [0.2, 0.25) is 5.91 Å². The smallest absolute Gasteiger partial charge is 0.249 e. The van der Waals surface area contributed by atoms with Gasteiger partial charge in [-0.2, -0.15) is 5.10 Å². The van der Waals surface area contributed by atoms with Crippen molar-refractivity contribution >= 4 is 17.8 Å². The highest BCUT2D eigenvalue weighted by Gasteiger charge is 2.20. The highest BCUT2D eigenvalue weighted by molar-refractivity contribution is 6.01. The van der Waals surface area contributed by atoms with Crippen LogP contribution in [0.2, 0.25) is 0 Å². The molecule has 25 heavy (non-hydrogen) atoms. The predicted octanol–water partition coefficient (Wildman–Crippen LogP) is 3.67. The summed E-state index contributed by atoms with van der Waals surface area (Å²) in [6.07, 6.45) is 9.61. The van der Waals surface area contributed by atoms with Crippen LogP contribution in [0.5, 0.6) is 11.5 Å². The van der Waals surface area contributed by atoms with Crippen LogP contribution >= 0.6 is 0 Å². The highest BCUT2D eigenvalue weighted by Crippen LogP contribution is 2.31. The lowest BCUT2D eigenvalue weighted by molar-refractivity contribution is -0.111. The number of rotatable bonds is 6. The van der Waals surface area contributed by atoms with E-state index in [1.54, 1.807) is 32.6 Å². The molecule has 1 N–H and O–H groups in total. The number of carbonyl (C=O) groups excluding carboxylic acids is 1. The molecule has 1 amide bonds. The molecule has 0 radical (unpaired) electrons. The van der Waals surface area contributed by atoms with Gasteiger partial charge in [0.15, 0.2) is 0 Å². The van der Waals surface area contributed by atoms with Gasteiger partial charge in [0.05, 0.1) is 26.5 Å². The van der Waals surface area contributed by atoms with Crippen LogP contribution in [-0.2, 0) is 4.79 Å². The van der Waals surface area contributed by atoms with E-state index in [4.69, 9.17) is 9.47 Å². The molecule has 6 heteroatoms. The lowest BCUT2D eigenvalue weighted by atomic mass is 10.1. The van der Waals surface area contributed by atoms with Crippen LogP contribution in [0.15, 0.2) is 36.5 Å². The molecule has 0 aliphatic heterocycles. The number of hydrogen-bond acceptors (Lipinski definition) is 4. The zero-order valence-electron chi connectivity index (χ0n) is 14.6. The van der Waals surface area contributed by atoms with E-state index in [-0.39, 0.29) is 5.91 Å². The predicted molar refractivity (Wildman–Crippen MR) is 96.9 cm³/mol. The number of nitrogens with zero attached hydrogens (tertiary/aromatic N) is 2. The minimum atomic E-state index is -0.197. The number of carbonyl (C=O) groups is 1. The fraction of sp³-hybridized carbons (Fsp3) is 0.368. The molecule has 0 bridgehead atoms. The minimum Gasteiger partial charge on any atom is -0.497 e. The second-order valence-electron chi connectivity index (χ2n) is 6.03. The van der Waals surface area contributed by atoms with Crippen molar-refractivity contribution in [2.45, 2.75) is 31.7 Å². The Morgan fingerprint density at radius 2 is 2.04 bits per heavy atom. The van der Waals surface area contributed by atoms with Crippen LogP contribution < -0.4 is 14.8 Å². The van der Waals surface area contributed by atoms with Crippen molar-refractivity contribution < 1.29 is 14.3 Å². The molecule has 1 fully saturated rings. The summed E-state index contributed by atoms with van der Waals surface area (Å²) < 4.78 is 12.4. The molecule has 1 saturated carbocycles. The molecule has 1 aromatic carbocycles. The Morgan fingerprint density at radius 1 is 1.24 bits per heavy atom. The molecule has 0 saturated heterocycles. The molecule has 3 rings (SSSR count). The Kier molecular flexibility index (Phi) is 5.38. The van der Waals surface area contributed by atoms with Gasteiger partial charge < -0.3 is 14.8 Å². The molecule has 1 aliphatic rings. The quantitative estimate of drug-likeness (QED) is 0.814. The summed E-state index contributed by atoms with van der Waals surface area (Å²) in [5.74, 6) is 1.90. The molecule has 1 aromatic heterocycles. The van der Waals surface area contributed by atoms with E-state index < -0.39 is 0 Å². The first kappa shape index (κ1) is 17.1. The van der Waals surface area contributed by atoms with Gasteiger partial charge in [-0.05, 0) is 31.1 Å². The van der Waals surface area contributed by atoms with Gasteiger partial charge in [0.25, 0.3) is 0 Å². The summed E-state index contributed by atoms with van der Waals surface area (Å²) in [4.78, 5) is 12.3. The van der Waals surface area contributed by atoms with E-state index >= 15 is 0 Å². The zero-order valence-corrected chi connectivity index (χ0v) is 14.6. The Balaban J connectivity index is 1.69. The summed E-state index contributed by atoms with van der Waals surface area (Å²) in [6.45, 7) is 0. The van der Waals surface area contributed by atoms with Crippen LogP contribution in [0.25, 0.3) is 6.08 Å². The van der Waals surface area contributed by atoms with Crippen LogP contribution in [0.4, 0.5) is 5.82 Å². The summed E-state index contributed by atoms with van der Waals surface area (Å²) in [7, 11) is 3.19. The summed E-state index contributed by atoms with van der Waals surface area (Å²) >= 11 is 0. The van der Waals surface area contributed by atoms with Crippen molar-refractivity contribution in [1.82, 2.24) is 9.78 Å². The number of methoxy groups -OCH3 is 2. The van der Waals surface area contributed by atoms with Crippen molar-refractivity contribution in [2.24, 2.45) is 0 Å². The van der Waals surface area contributed by atoms with Gasteiger partial charge in [0.1, 0.15) is 17.3 Å². The van der Waals surface area contributed by atoms with Crippen molar-refractivity contribution in [2.75, 3.05) is 19.5 Å². The van der Waals surface area contributed by atoms with E-state index in [9.17, 15) is 4.79 Å². The highest BCUT2D eigenvalue weighted by atomic mass is 16.5. The summed E-state index contributed by atoms with van der Waals surface area (Å²) in [6, 6.07) is 7.68. The van der Waals surface area contributed by atoms with E-state index in [0.29, 0.717) is 17.5 Å². The van der Waals surface area contributed by atoms with Crippen LogP contribution in [0.3, 0.4) is 0 Å². The maximum Gasteiger partial charge on any atom is 0.249 e. The number of amides is 1. The topological polar surface area (TPSA) is 65.4 Å². The number of anilines is 1. The molecule has 132 valence electrons. The van der Waals surface area contributed by atoms with E-state index in [0.717, 1.165) is 24.2 Å². The normalized spacial score (nSPS) is 14.8. The summed E-state index contributed by atoms with van der Waals surface area (Å²) in [5, 5.41) is 7.27. The van der Waals surface area contributed by atoms with Gasteiger partial charge in [-0.25, -0.2) is 4.68 Å². The number of ether oxygens (including phenoxy) is 2. The van der Waals surface area contributed by atoms with E-state index in [1.807, 2.05) is 22.9 Å². The maximum absolute atomic E-state index is 12.3. The Bertz CT molecular complexity index is 761. The first-order chi connectivity index (χ1) is 12.2. The number of aromatic nitrogens is 2. The molecule has 6 nitrogen and oxygen atoms in total. The van der Waals surface area contributed by atoms with Gasteiger partial charge in [-0.15, -0.1) is 0 Å². The molecular weight excluding hydrogens is 318 g/mol. The van der Waals surface area contributed by atoms with Crippen molar-refractivity contribution in [3.05, 3.63) is 42.1 Å². The zero-order chi connectivity index (χ0) is 17.6. The number of benzene rings is 1. The average Bonchev–Trinajstić information content (AvgIpc) is 3.31. The monoisotopic (exact) mass is 341 g/mol. The fourth-order valence-electron chi connectivity index (χ4n) is 3.14. The molecule has 1 aliphatic carbocycles. The average molecular weight is 341 g/mol. The fourth-order valence-corrected chi connectivity index (χ4v) is 3.14. The lowest BCUT2D eigenvalue weighted by Crippen LogP contribution is -2.15. The Hall–Kier alpha value is -2.76. The molecule has 1 heterocycles. The number of hydrogen-bond donors (Lipinski definition) is 1. The van der Waals surface area contributed by atoms with Crippen LogP contribution in [0, 0.1) is 0 Å². The van der Waals surface area contributed by atoms with E-state index in [2.05, 4.69) is 10.4 Å². The SMILES string of the molecule is COc1ccc(/C=C/C(=O)Nc2ccnn2C2CCCC2)c(OC)c1. The summed E-state index contributed by atoms with van der Waals surface area (Å²) in [5.41, 5.74) is 0.808. The van der Waals surface area contributed by atoms with Crippen molar-refractivity contribution in [1.29, 1.82) is 0 Å². The third-order valence-corrected chi connectivity index (χ3v) is 4.45. The van der Waals surface area contributed by atoms with E-state index in [1.165, 1.54) is 18.9 Å². The van der Waals surface area contributed by atoms with Crippen LogP contribution in [-0.4, -0.2) is 29.9 Å². The number of nitrogens with one attached hydrogen (secondary N) is 1. The standard InChI is InChI=1S/C19H23N3O3/c1-24-16-9-7-14(17(13-16)25-2)8-10-19(23)21-18-11-12-20-22(18)15-5-3-4-6-15/h7-13,15H,3-6H2,1-2H3,(H,21,23)/b10-8+. The third kappa shape index (κ3) is 4.02. The largest absolute Gasteiger partial charge is 0.497 e. The second kappa shape index (κ2) is 7.88. The minimum absolute atomic E-state index is 0.197. The van der Waals surface area contributed by atoms with Gasteiger partial charge in [0, 0.05) is 23.8 Å². The third-order valence-electron chi connectivity index (χ3n) is 4.45. The first-order valence-electron chi connectivity index (χ1n) is 8.46. The van der Waals surface area contributed by atoms with Gasteiger partial charge in [-0.1, -0.05) is 12.8 Å².